The standard InChI is InChI=1S/C15H30N2/c1-11-7-8-17(10-13(11)3)14(4)12(2)9-16-15-5-6-15/h11-16H,5-10H2,1-4H3. The van der Waals surface area contributed by atoms with E-state index in [1.54, 1.807) is 0 Å². The summed E-state index contributed by atoms with van der Waals surface area (Å²) in [5.41, 5.74) is 0. The average molecular weight is 238 g/mol. The number of nitrogens with one attached hydrogen (secondary N) is 1. The van der Waals surface area contributed by atoms with E-state index in [-0.39, 0.29) is 0 Å². The summed E-state index contributed by atoms with van der Waals surface area (Å²) in [5, 5.41) is 3.67. The molecule has 2 heteroatoms. The minimum absolute atomic E-state index is 0.733. The van der Waals surface area contributed by atoms with Crippen molar-refractivity contribution in [2.24, 2.45) is 17.8 Å². The zero-order valence-electron chi connectivity index (χ0n) is 12.1. The minimum atomic E-state index is 0.733. The topological polar surface area (TPSA) is 15.3 Å². The van der Waals surface area contributed by atoms with Gasteiger partial charge in [0.15, 0.2) is 0 Å². The van der Waals surface area contributed by atoms with Crippen LogP contribution in [0.25, 0.3) is 0 Å². The fraction of sp³-hybridized carbons (Fsp3) is 1.00. The Morgan fingerprint density at radius 3 is 2.41 bits per heavy atom. The molecule has 2 fully saturated rings. The molecule has 0 radical (unpaired) electrons. The van der Waals surface area contributed by atoms with Crippen molar-refractivity contribution < 1.29 is 0 Å². The second-order valence-electron chi connectivity index (χ2n) is 6.64. The van der Waals surface area contributed by atoms with Crippen LogP contribution in [0.1, 0.15) is 47.0 Å². The van der Waals surface area contributed by atoms with Gasteiger partial charge in [-0.1, -0.05) is 20.8 Å². The van der Waals surface area contributed by atoms with Gasteiger partial charge in [-0.3, -0.25) is 0 Å². The molecule has 0 amide bonds. The van der Waals surface area contributed by atoms with E-state index in [0.29, 0.717) is 0 Å². The van der Waals surface area contributed by atoms with E-state index in [9.17, 15) is 0 Å². The van der Waals surface area contributed by atoms with Crippen LogP contribution in [0, 0.1) is 17.8 Å². The molecule has 1 saturated heterocycles. The van der Waals surface area contributed by atoms with Gasteiger partial charge in [-0.25, -0.2) is 0 Å². The normalized spacial score (nSPS) is 34.6. The van der Waals surface area contributed by atoms with Gasteiger partial charge in [-0.2, -0.15) is 0 Å². The van der Waals surface area contributed by atoms with Gasteiger partial charge in [0.2, 0.25) is 0 Å². The fourth-order valence-corrected chi connectivity index (χ4v) is 2.84. The molecule has 1 aliphatic heterocycles. The van der Waals surface area contributed by atoms with Gasteiger partial charge in [0, 0.05) is 18.6 Å². The first kappa shape index (κ1) is 13.4. The zero-order chi connectivity index (χ0) is 12.4. The third-order valence-corrected chi connectivity index (χ3v) is 5.07. The monoisotopic (exact) mass is 238 g/mol. The van der Waals surface area contributed by atoms with E-state index >= 15 is 0 Å². The van der Waals surface area contributed by atoms with E-state index in [4.69, 9.17) is 0 Å². The van der Waals surface area contributed by atoms with Crippen LogP contribution in [-0.2, 0) is 0 Å². The van der Waals surface area contributed by atoms with Crippen LogP contribution in [0.3, 0.4) is 0 Å². The van der Waals surface area contributed by atoms with Crippen LogP contribution in [0.15, 0.2) is 0 Å². The van der Waals surface area contributed by atoms with Crippen molar-refractivity contribution in [3.05, 3.63) is 0 Å². The number of nitrogens with zero attached hydrogens (tertiary/aromatic N) is 1. The number of hydrogen-bond acceptors (Lipinski definition) is 2. The van der Waals surface area contributed by atoms with Crippen molar-refractivity contribution in [1.82, 2.24) is 10.2 Å². The van der Waals surface area contributed by atoms with Crippen molar-refractivity contribution in [2.75, 3.05) is 19.6 Å². The van der Waals surface area contributed by atoms with Crippen molar-refractivity contribution >= 4 is 0 Å². The van der Waals surface area contributed by atoms with Gasteiger partial charge in [0.05, 0.1) is 0 Å². The van der Waals surface area contributed by atoms with Crippen molar-refractivity contribution in [1.29, 1.82) is 0 Å². The molecule has 2 nitrogen and oxygen atoms in total. The summed E-state index contributed by atoms with van der Waals surface area (Å²) < 4.78 is 0. The van der Waals surface area contributed by atoms with Gasteiger partial charge in [0.1, 0.15) is 0 Å². The van der Waals surface area contributed by atoms with Crippen LogP contribution in [0.5, 0.6) is 0 Å². The summed E-state index contributed by atoms with van der Waals surface area (Å²) in [6.45, 7) is 13.5. The Bertz CT molecular complexity index is 237. The van der Waals surface area contributed by atoms with Crippen molar-refractivity contribution in [2.45, 2.75) is 59.0 Å². The molecule has 0 aromatic heterocycles. The molecule has 0 spiro atoms. The maximum absolute atomic E-state index is 3.67. The summed E-state index contributed by atoms with van der Waals surface area (Å²) in [6, 6.07) is 1.58. The molecular weight excluding hydrogens is 208 g/mol. The third-order valence-electron chi connectivity index (χ3n) is 5.07. The van der Waals surface area contributed by atoms with Gasteiger partial charge >= 0.3 is 0 Å². The second-order valence-corrected chi connectivity index (χ2v) is 6.64. The predicted molar refractivity (Wildman–Crippen MR) is 74.2 cm³/mol. The predicted octanol–water partition coefficient (Wildman–Crippen LogP) is 2.74. The van der Waals surface area contributed by atoms with Crippen LogP contribution in [0.2, 0.25) is 0 Å². The Kier molecular flexibility index (Phi) is 4.48. The smallest absolute Gasteiger partial charge is 0.0105 e. The summed E-state index contributed by atoms with van der Waals surface area (Å²) in [6.07, 6.45) is 4.19. The maximum atomic E-state index is 3.67. The SMILES string of the molecule is CC1CCN(C(C)C(C)CNC2CC2)CC1C. The first-order valence-corrected chi connectivity index (χ1v) is 7.55. The summed E-state index contributed by atoms with van der Waals surface area (Å²) in [4.78, 5) is 2.71. The van der Waals surface area contributed by atoms with Crippen LogP contribution < -0.4 is 5.32 Å². The number of piperidine rings is 1. The Labute approximate surface area is 107 Å². The van der Waals surface area contributed by atoms with Crippen LogP contribution >= 0.6 is 0 Å². The molecule has 4 unspecified atom stereocenters. The minimum Gasteiger partial charge on any atom is -0.314 e. The molecular formula is C15H30N2. The lowest BCUT2D eigenvalue weighted by Gasteiger charge is -2.41. The summed E-state index contributed by atoms with van der Waals surface area (Å²) in [7, 11) is 0. The molecule has 0 aromatic carbocycles. The van der Waals surface area contributed by atoms with E-state index in [1.807, 2.05) is 0 Å². The first-order chi connectivity index (χ1) is 8.08. The second kappa shape index (κ2) is 5.71. The molecule has 1 saturated carbocycles. The molecule has 1 aliphatic carbocycles. The molecule has 4 atom stereocenters. The Hall–Kier alpha value is -0.0800. The van der Waals surface area contributed by atoms with Gasteiger partial charge < -0.3 is 10.2 Å². The molecule has 0 bridgehead atoms. The van der Waals surface area contributed by atoms with Gasteiger partial charge in [-0.05, 0) is 57.0 Å². The molecule has 2 aliphatic rings. The lowest BCUT2D eigenvalue weighted by Crippen LogP contribution is -2.47. The summed E-state index contributed by atoms with van der Waals surface area (Å²) >= 11 is 0. The van der Waals surface area contributed by atoms with E-state index < -0.39 is 0 Å². The first-order valence-electron chi connectivity index (χ1n) is 7.55. The largest absolute Gasteiger partial charge is 0.314 e. The highest BCUT2D eigenvalue weighted by atomic mass is 15.2. The molecule has 0 aromatic rings. The molecule has 17 heavy (non-hydrogen) atoms. The molecule has 1 heterocycles. The van der Waals surface area contributed by atoms with Gasteiger partial charge in [-0.15, -0.1) is 0 Å². The van der Waals surface area contributed by atoms with Crippen LogP contribution in [-0.4, -0.2) is 36.6 Å². The van der Waals surface area contributed by atoms with E-state index in [0.717, 1.165) is 29.8 Å². The lowest BCUT2D eigenvalue weighted by atomic mass is 9.87. The number of rotatable bonds is 5. The number of hydrogen-bond donors (Lipinski definition) is 1. The third kappa shape index (κ3) is 3.69. The summed E-state index contributed by atoms with van der Waals surface area (Å²) in [5.74, 6) is 2.56. The highest BCUT2D eigenvalue weighted by molar-refractivity contribution is 4.85. The Balaban J connectivity index is 1.75. The van der Waals surface area contributed by atoms with Crippen LogP contribution in [0.4, 0.5) is 0 Å². The number of likely N-dealkylation sites (tertiary alicyclic amines) is 1. The van der Waals surface area contributed by atoms with Crippen molar-refractivity contribution in [3.8, 4) is 0 Å². The highest BCUT2D eigenvalue weighted by Gasteiger charge is 2.29. The maximum Gasteiger partial charge on any atom is 0.0105 e. The Morgan fingerprint density at radius 2 is 1.82 bits per heavy atom. The van der Waals surface area contributed by atoms with Gasteiger partial charge in [0.25, 0.3) is 0 Å². The fourth-order valence-electron chi connectivity index (χ4n) is 2.84. The molecule has 100 valence electrons. The Morgan fingerprint density at radius 1 is 1.12 bits per heavy atom. The zero-order valence-corrected chi connectivity index (χ0v) is 12.1. The average Bonchev–Trinajstić information content (AvgIpc) is 3.12. The molecule has 1 N–H and O–H groups in total. The van der Waals surface area contributed by atoms with Crippen molar-refractivity contribution in [3.63, 3.8) is 0 Å². The highest BCUT2D eigenvalue weighted by Crippen LogP contribution is 2.26. The lowest BCUT2D eigenvalue weighted by molar-refractivity contribution is 0.0781. The quantitative estimate of drug-likeness (QED) is 0.792. The molecule has 2 rings (SSSR count). The van der Waals surface area contributed by atoms with E-state index in [1.165, 1.54) is 38.9 Å². The van der Waals surface area contributed by atoms with E-state index in [2.05, 4.69) is 37.9 Å².